The van der Waals surface area contributed by atoms with E-state index in [1.165, 1.54) is 12.0 Å². The summed E-state index contributed by atoms with van der Waals surface area (Å²) in [7, 11) is 0. The number of aryl methyl sites for hydroxylation is 1. The summed E-state index contributed by atoms with van der Waals surface area (Å²) < 4.78 is 5.41. The third kappa shape index (κ3) is 1.93. The lowest BCUT2D eigenvalue weighted by molar-refractivity contribution is 0.328. The topological polar surface area (TPSA) is 52.0 Å². The smallest absolute Gasteiger partial charge is 0.157 e. The van der Waals surface area contributed by atoms with Gasteiger partial charge < -0.3 is 10.3 Å². The van der Waals surface area contributed by atoms with Gasteiger partial charge in [0.15, 0.2) is 5.76 Å². The van der Waals surface area contributed by atoms with Crippen LogP contribution in [0.1, 0.15) is 50.3 Å². The molecule has 1 aliphatic carbocycles. The summed E-state index contributed by atoms with van der Waals surface area (Å²) in [5, 5.41) is 4.14. The van der Waals surface area contributed by atoms with Gasteiger partial charge in [-0.1, -0.05) is 25.9 Å². The van der Waals surface area contributed by atoms with Crippen LogP contribution in [0, 0.1) is 11.8 Å². The summed E-state index contributed by atoms with van der Waals surface area (Å²) in [6.45, 7) is 6.51. The molecule has 0 saturated carbocycles. The number of rotatable bonds is 2. The molecule has 15 heavy (non-hydrogen) atoms. The molecule has 1 aliphatic rings. The van der Waals surface area contributed by atoms with Gasteiger partial charge in [0.05, 0.1) is 11.7 Å². The van der Waals surface area contributed by atoms with Gasteiger partial charge in [0, 0.05) is 5.56 Å². The molecule has 0 radical (unpaired) electrons. The molecule has 84 valence electrons. The van der Waals surface area contributed by atoms with Crippen LogP contribution >= 0.6 is 0 Å². The highest BCUT2D eigenvalue weighted by molar-refractivity contribution is 5.28. The Kier molecular flexibility index (Phi) is 2.83. The van der Waals surface area contributed by atoms with Gasteiger partial charge in [0.2, 0.25) is 0 Å². The molecule has 2 rings (SSSR count). The van der Waals surface area contributed by atoms with Crippen molar-refractivity contribution in [1.82, 2.24) is 5.16 Å². The maximum absolute atomic E-state index is 6.12. The third-order valence-corrected chi connectivity index (χ3v) is 3.35. The summed E-state index contributed by atoms with van der Waals surface area (Å²) in [5.41, 5.74) is 8.54. The maximum atomic E-state index is 6.12. The minimum atomic E-state index is -0.00782. The van der Waals surface area contributed by atoms with Crippen molar-refractivity contribution < 1.29 is 4.52 Å². The summed E-state index contributed by atoms with van der Waals surface area (Å²) >= 11 is 0. The predicted octanol–water partition coefficient (Wildman–Crippen LogP) is 2.46. The first-order valence-electron chi connectivity index (χ1n) is 5.82. The van der Waals surface area contributed by atoms with Crippen LogP contribution in [0.15, 0.2) is 4.52 Å². The molecule has 1 aromatic heterocycles. The van der Waals surface area contributed by atoms with E-state index in [0.29, 0.717) is 5.92 Å². The molecular weight excluding hydrogens is 188 g/mol. The molecule has 1 heterocycles. The summed E-state index contributed by atoms with van der Waals surface area (Å²) in [6, 6.07) is -0.00782. The quantitative estimate of drug-likeness (QED) is 0.812. The normalized spacial score (nSPS) is 22.9. The van der Waals surface area contributed by atoms with Crippen molar-refractivity contribution in [3.05, 3.63) is 17.0 Å². The highest BCUT2D eigenvalue weighted by atomic mass is 16.5. The maximum Gasteiger partial charge on any atom is 0.157 e. The fraction of sp³-hybridized carbons (Fsp3) is 0.750. The highest BCUT2D eigenvalue weighted by Crippen LogP contribution is 2.32. The van der Waals surface area contributed by atoms with E-state index < -0.39 is 0 Å². The zero-order chi connectivity index (χ0) is 11.0. The van der Waals surface area contributed by atoms with Gasteiger partial charge in [-0.3, -0.25) is 0 Å². The lowest BCUT2D eigenvalue weighted by Gasteiger charge is -2.19. The van der Waals surface area contributed by atoms with Gasteiger partial charge in [-0.05, 0) is 31.1 Å². The van der Waals surface area contributed by atoms with Crippen molar-refractivity contribution in [2.45, 2.75) is 46.1 Å². The molecular formula is C12H20N2O. The molecule has 0 aromatic carbocycles. The molecule has 0 aliphatic heterocycles. The van der Waals surface area contributed by atoms with Gasteiger partial charge in [-0.15, -0.1) is 0 Å². The Hall–Kier alpha value is -0.830. The predicted molar refractivity (Wildman–Crippen MR) is 59.5 cm³/mol. The van der Waals surface area contributed by atoms with Crippen LogP contribution in [0.2, 0.25) is 0 Å². The van der Waals surface area contributed by atoms with Crippen molar-refractivity contribution in [3.8, 4) is 0 Å². The first-order chi connectivity index (χ1) is 7.09. The summed E-state index contributed by atoms with van der Waals surface area (Å²) in [4.78, 5) is 0. The molecule has 0 spiro atoms. The molecule has 0 saturated heterocycles. The average Bonchev–Trinajstić information content (AvgIpc) is 2.59. The number of hydrogen-bond donors (Lipinski definition) is 1. The Labute approximate surface area is 91.0 Å². The van der Waals surface area contributed by atoms with Crippen molar-refractivity contribution in [3.63, 3.8) is 0 Å². The minimum Gasteiger partial charge on any atom is -0.359 e. The van der Waals surface area contributed by atoms with Crippen LogP contribution in [-0.4, -0.2) is 5.16 Å². The van der Waals surface area contributed by atoms with E-state index in [1.807, 2.05) is 0 Å². The van der Waals surface area contributed by atoms with Gasteiger partial charge in [-0.25, -0.2) is 0 Å². The summed E-state index contributed by atoms with van der Waals surface area (Å²) in [6.07, 6.45) is 3.34. The lowest BCUT2D eigenvalue weighted by Crippen LogP contribution is -2.19. The second kappa shape index (κ2) is 3.97. The zero-order valence-electron chi connectivity index (χ0n) is 9.79. The second-order valence-corrected chi connectivity index (χ2v) is 5.09. The van der Waals surface area contributed by atoms with Crippen LogP contribution < -0.4 is 5.73 Å². The van der Waals surface area contributed by atoms with Crippen LogP contribution in [0.4, 0.5) is 0 Å². The lowest BCUT2D eigenvalue weighted by atomic mass is 9.85. The van der Waals surface area contributed by atoms with Crippen molar-refractivity contribution in [2.75, 3.05) is 0 Å². The van der Waals surface area contributed by atoms with E-state index in [9.17, 15) is 0 Å². The zero-order valence-corrected chi connectivity index (χ0v) is 9.79. The molecule has 0 bridgehead atoms. The van der Waals surface area contributed by atoms with Gasteiger partial charge in [0.25, 0.3) is 0 Å². The third-order valence-electron chi connectivity index (χ3n) is 3.35. The van der Waals surface area contributed by atoms with Gasteiger partial charge in [-0.2, -0.15) is 0 Å². The van der Waals surface area contributed by atoms with Crippen LogP contribution in [-0.2, 0) is 12.8 Å². The number of nitrogens with zero attached hydrogens (tertiary/aromatic N) is 1. The van der Waals surface area contributed by atoms with E-state index in [2.05, 4.69) is 25.9 Å². The van der Waals surface area contributed by atoms with Crippen LogP contribution in [0.3, 0.4) is 0 Å². The molecule has 3 nitrogen and oxygen atoms in total. The second-order valence-electron chi connectivity index (χ2n) is 5.09. The first-order valence-corrected chi connectivity index (χ1v) is 5.82. The van der Waals surface area contributed by atoms with E-state index in [-0.39, 0.29) is 6.04 Å². The molecule has 3 heteroatoms. The average molecular weight is 208 g/mol. The van der Waals surface area contributed by atoms with Crippen molar-refractivity contribution in [2.24, 2.45) is 17.6 Å². The Morgan fingerprint density at radius 3 is 2.87 bits per heavy atom. The van der Waals surface area contributed by atoms with Crippen molar-refractivity contribution in [1.29, 1.82) is 0 Å². The van der Waals surface area contributed by atoms with E-state index >= 15 is 0 Å². The number of fused-ring (bicyclic) bond motifs is 1. The Morgan fingerprint density at radius 1 is 1.47 bits per heavy atom. The van der Waals surface area contributed by atoms with E-state index in [4.69, 9.17) is 10.3 Å². The fourth-order valence-electron chi connectivity index (χ4n) is 2.17. The molecule has 2 N–H and O–H groups in total. The summed E-state index contributed by atoms with van der Waals surface area (Å²) in [5.74, 6) is 2.06. The largest absolute Gasteiger partial charge is 0.359 e. The molecule has 2 unspecified atom stereocenters. The van der Waals surface area contributed by atoms with Crippen LogP contribution in [0.25, 0.3) is 0 Å². The Bertz CT molecular complexity index is 343. The number of aromatic nitrogens is 1. The molecule has 0 amide bonds. The SMILES string of the molecule is CC1CCc2noc(C(N)C(C)C)c2C1. The Balaban J connectivity index is 2.30. The molecule has 1 aromatic rings. The first kappa shape index (κ1) is 10.7. The van der Waals surface area contributed by atoms with E-state index in [1.54, 1.807) is 0 Å². The molecule has 0 fully saturated rings. The fourth-order valence-corrected chi connectivity index (χ4v) is 2.17. The van der Waals surface area contributed by atoms with Crippen LogP contribution in [0.5, 0.6) is 0 Å². The number of hydrogen-bond acceptors (Lipinski definition) is 3. The standard InChI is InChI=1S/C12H20N2O/c1-7(2)11(13)12-9-6-8(3)4-5-10(9)14-15-12/h7-8,11H,4-6,13H2,1-3H3. The highest BCUT2D eigenvalue weighted by Gasteiger charge is 2.27. The minimum absolute atomic E-state index is 0.00782. The molecule has 2 atom stereocenters. The monoisotopic (exact) mass is 208 g/mol. The van der Waals surface area contributed by atoms with Gasteiger partial charge in [0.1, 0.15) is 0 Å². The van der Waals surface area contributed by atoms with Gasteiger partial charge >= 0.3 is 0 Å². The van der Waals surface area contributed by atoms with E-state index in [0.717, 1.165) is 30.2 Å². The Morgan fingerprint density at radius 2 is 2.20 bits per heavy atom. The number of nitrogens with two attached hydrogens (primary N) is 1. The van der Waals surface area contributed by atoms with Crippen molar-refractivity contribution >= 4 is 0 Å².